The molecule has 2 heterocycles. The second kappa shape index (κ2) is 5.93. The van der Waals surface area contributed by atoms with Crippen molar-refractivity contribution in [1.29, 1.82) is 0 Å². The van der Waals surface area contributed by atoms with Crippen LogP contribution in [0.5, 0.6) is 0 Å². The van der Waals surface area contributed by atoms with Crippen LogP contribution < -0.4 is 5.32 Å². The van der Waals surface area contributed by atoms with E-state index < -0.39 is 0 Å². The van der Waals surface area contributed by atoms with E-state index in [9.17, 15) is 0 Å². The molecule has 1 N–H and O–H groups in total. The van der Waals surface area contributed by atoms with E-state index in [2.05, 4.69) is 32.1 Å². The van der Waals surface area contributed by atoms with Gasteiger partial charge in [-0.05, 0) is 26.6 Å². The first-order valence-corrected chi connectivity index (χ1v) is 6.17. The summed E-state index contributed by atoms with van der Waals surface area (Å²) < 4.78 is 0. The monoisotopic (exact) mass is 235 g/mol. The smallest absolute Gasteiger partial charge is 0.144 e. The first-order chi connectivity index (χ1) is 8.28. The molecule has 0 spiro atoms. The number of nitrogens with zero attached hydrogens (tertiary/aromatic N) is 4. The summed E-state index contributed by atoms with van der Waals surface area (Å²) in [6, 6.07) is 0. The minimum Gasteiger partial charge on any atom is -0.372 e. The fourth-order valence-corrected chi connectivity index (χ4v) is 2.05. The normalized spacial score (nSPS) is 18.9. The molecular weight excluding hydrogens is 214 g/mol. The number of hydrogen-bond donors (Lipinski definition) is 1. The molecule has 0 radical (unpaired) electrons. The van der Waals surface area contributed by atoms with Crippen molar-refractivity contribution >= 4 is 5.82 Å². The van der Waals surface area contributed by atoms with Crippen LogP contribution in [0, 0.1) is 0 Å². The van der Waals surface area contributed by atoms with E-state index in [1.807, 2.05) is 13.2 Å². The Morgan fingerprint density at radius 3 is 2.76 bits per heavy atom. The van der Waals surface area contributed by atoms with Crippen LogP contribution in [0.3, 0.4) is 0 Å². The van der Waals surface area contributed by atoms with Gasteiger partial charge in [0.15, 0.2) is 0 Å². The summed E-state index contributed by atoms with van der Waals surface area (Å²) in [7, 11) is 4.04. The van der Waals surface area contributed by atoms with Crippen LogP contribution in [0.15, 0.2) is 12.4 Å². The van der Waals surface area contributed by atoms with Gasteiger partial charge in [-0.1, -0.05) is 0 Å². The maximum absolute atomic E-state index is 4.41. The number of rotatable bonds is 3. The summed E-state index contributed by atoms with van der Waals surface area (Å²) in [5.74, 6) is 0.823. The lowest BCUT2D eigenvalue weighted by atomic mass is 10.3. The third-order valence-corrected chi connectivity index (χ3v) is 3.16. The van der Waals surface area contributed by atoms with Crippen LogP contribution in [0.25, 0.3) is 0 Å². The molecule has 1 aliphatic rings. The average Bonchev–Trinajstić information content (AvgIpc) is 2.56. The molecule has 0 aromatic carbocycles. The Hall–Kier alpha value is -1.20. The SMILES string of the molecule is CNc1cnc(CN2CCCN(C)CC2)cn1. The van der Waals surface area contributed by atoms with E-state index in [1.54, 1.807) is 6.20 Å². The van der Waals surface area contributed by atoms with Gasteiger partial charge in [-0.2, -0.15) is 0 Å². The fraction of sp³-hybridized carbons (Fsp3) is 0.667. The molecule has 0 aliphatic carbocycles. The Morgan fingerprint density at radius 1 is 1.18 bits per heavy atom. The Balaban J connectivity index is 1.90. The van der Waals surface area contributed by atoms with Gasteiger partial charge in [0.2, 0.25) is 0 Å². The van der Waals surface area contributed by atoms with Crippen molar-refractivity contribution in [1.82, 2.24) is 19.8 Å². The minimum atomic E-state index is 0.823. The van der Waals surface area contributed by atoms with E-state index >= 15 is 0 Å². The van der Waals surface area contributed by atoms with Crippen LogP contribution in [0.4, 0.5) is 5.82 Å². The molecule has 2 rings (SSSR count). The van der Waals surface area contributed by atoms with Crippen molar-refractivity contribution in [3.05, 3.63) is 18.1 Å². The van der Waals surface area contributed by atoms with Crippen LogP contribution >= 0.6 is 0 Å². The molecule has 94 valence electrons. The van der Waals surface area contributed by atoms with Crippen LogP contribution in [0.2, 0.25) is 0 Å². The molecule has 1 aliphatic heterocycles. The van der Waals surface area contributed by atoms with E-state index in [1.165, 1.54) is 13.0 Å². The molecule has 5 nitrogen and oxygen atoms in total. The van der Waals surface area contributed by atoms with Crippen LogP contribution in [-0.2, 0) is 6.54 Å². The van der Waals surface area contributed by atoms with Gasteiger partial charge in [0.25, 0.3) is 0 Å². The lowest BCUT2D eigenvalue weighted by Gasteiger charge is -2.19. The quantitative estimate of drug-likeness (QED) is 0.833. The lowest BCUT2D eigenvalue weighted by molar-refractivity contribution is 0.266. The van der Waals surface area contributed by atoms with E-state index in [0.717, 1.165) is 37.7 Å². The molecule has 0 saturated carbocycles. The van der Waals surface area contributed by atoms with Gasteiger partial charge in [-0.15, -0.1) is 0 Å². The van der Waals surface area contributed by atoms with Gasteiger partial charge < -0.3 is 10.2 Å². The Labute approximate surface area is 103 Å². The lowest BCUT2D eigenvalue weighted by Crippen LogP contribution is -2.28. The van der Waals surface area contributed by atoms with Crippen molar-refractivity contribution < 1.29 is 0 Å². The minimum absolute atomic E-state index is 0.823. The van der Waals surface area contributed by atoms with Gasteiger partial charge >= 0.3 is 0 Å². The highest BCUT2D eigenvalue weighted by molar-refractivity contribution is 5.29. The molecule has 1 saturated heterocycles. The van der Waals surface area contributed by atoms with Crippen molar-refractivity contribution in [3.8, 4) is 0 Å². The summed E-state index contributed by atoms with van der Waals surface area (Å²) in [5, 5.41) is 2.98. The summed E-state index contributed by atoms with van der Waals surface area (Å²) in [5.41, 5.74) is 1.05. The fourth-order valence-electron chi connectivity index (χ4n) is 2.05. The van der Waals surface area contributed by atoms with E-state index in [-0.39, 0.29) is 0 Å². The summed E-state index contributed by atoms with van der Waals surface area (Å²) >= 11 is 0. The predicted octanol–water partition coefficient (Wildman–Crippen LogP) is 0.656. The molecule has 0 unspecified atom stereocenters. The van der Waals surface area contributed by atoms with Crippen LogP contribution in [0.1, 0.15) is 12.1 Å². The van der Waals surface area contributed by atoms with Crippen molar-refractivity contribution in [2.24, 2.45) is 0 Å². The standard InChI is InChI=1S/C12H21N5/c1-13-12-9-14-11(8-15-12)10-17-5-3-4-16(2)6-7-17/h8-9H,3-7,10H2,1-2H3,(H,13,15). The van der Waals surface area contributed by atoms with Gasteiger partial charge in [0.1, 0.15) is 5.82 Å². The first kappa shape index (κ1) is 12.3. The Morgan fingerprint density at radius 2 is 2.06 bits per heavy atom. The maximum atomic E-state index is 4.41. The van der Waals surface area contributed by atoms with Gasteiger partial charge in [0.05, 0.1) is 18.1 Å². The highest BCUT2D eigenvalue weighted by atomic mass is 15.2. The molecule has 1 fully saturated rings. The number of hydrogen-bond acceptors (Lipinski definition) is 5. The summed E-state index contributed by atoms with van der Waals surface area (Å²) in [4.78, 5) is 13.5. The molecule has 17 heavy (non-hydrogen) atoms. The number of anilines is 1. The van der Waals surface area contributed by atoms with Crippen molar-refractivity contribution in [3.63, 3.8) is 0 Å². The molecular formula is C12H21N5. The molecule has 1 aromatic rings. The number of nitrogens with one attached hydrogen (secondary N) is 1. The second-order valence-corrected chi connectivity index (χ2v) is 4.58. The molecule has 0 atom stereocenters. The Kier molecular flexibility index (Phi) is 4.28. The van der Waals surface area contributed by atoms with Gasteiger partial charge in [0, 0.05) is 26.7 Å². The molecule has 0 bridgehead atoms. The largest absolute Gasteiger partial charge is 0.372 e. The summed E-state index contributed by atoms with van der Waals surface area (Å²) in [6.45, 7) is 5.51. The van der Waals surface area contributed by atoms with Crippen molar-refractivity contribution in [2.75, 3.05) is 45.6 Å². The predicted molar refractivity (Wildman–Crippen MR) is 69.0 cm³/mol. The third-order valence-electron chi connectivity index (χ3n) is 3.16. The maximum Gasteiger partial charge on any atom is 0.144 e. The van der Waals surface area contributed by atoms with Crippen molar-refractivity contribution in [2.45, 2.75) is 13.0 Å². The second-order valence-electron chi connectivity index (χ2n) is 4.58. The topological polar surface area (TPSA) is 44.3 Å². The van der Waals surface area contributed by atoms with Gasteiger partial charge in [-0.3, -0.25) is 9.88 Å². The zero-order valence-electron chi connectivity index (χ0n) is 10.7. The van der Waals surface area contributed by atoms with Crippen LogP contribution in [-0.4, -0.2) is 60.0 Å². The third kappa shape index (κ3) is 3.64. The first-order valence-electron chi connectivity index (χ1n) is 6.17. The number of aromatic nitrogens is 2. The average molecular weight is 235 g/mol. The zero-order chi connectivity index (χ0) is 12.1. The highest BCUT2D eigenvalue weighted by Crippen LogP contribution is 2.07. The summed E-state index contributed by atoms with van der Waals surface area (Å²) in [6.07, 6.45) is 4.89. The van der Waals surface area contributed by atoms with E-state index in [0.29, 0.717) is 0 Å². The molecule has 0 amide bonds. The molecule has 1 aromatic heterocycles. The van der Waals surface area contributed by atoms with Gasteiger partial charge in [-0.25, -0.2) is 4.98 Å². The van der Waals surface area contributed by atoms with E-state index in [4.69, 9.17) is 0 Å². The number of likely N-dealkylation sites (N-methyl/N-ethyl adjacent to an activating group) is 1. The Bertz CT molecular complexity index is 337. The molecule has 5 heteroatoms. The highest BCUT2D eigenvalue weighted by Gasteiger charge is 2.12. The zero-order valence-corrected chi connectivity index (χ0v) is 10.7.